The third kappa shape index (κ3) is 3.56. The fraction of sp³-hybridized carbons (Fsp3) is 0.391. The van der Waals surface area contributed by atoms with Crippen molar-refractivity contribution < 1.29 is 23.4 Å². The standard InChI is InChI=1S/C23H20Cl2F2N2O3/c1-22(10-32-11-22)8-17-23(9-28,14-6-5-12(24)7-16(14)26)18(20(29-17)21(30)31)13-3-2-4-15(25)19(13)27/h2-7,17-18,20,29H,8,10-11H2,1H3,(H,30,31)/t17-,18?,20+,23?/m0/s1. The number of hydrogen-bond acceptors (Lipinski definition) is 4. The van der Waals surface area contributed by atoms with Crippen LogP contribution in [0.3, 0.4) is 0 Å². The zero-order chi connectivity index (χ0) is 23.3. The first-order chi connectivity index (χ1) is 15.1. The van der Waals surface area contributed by atoms with Gasteiger partial charge in [0.25, 0.3) is 0 Å². The molecule has 5 nitrogen and oxygen atoms in total. The predicted octanol–water partition coefficient (Wildman–Crippen LogP) is 4.67. The van der Waals surface area contributed by atoms with Gasteiger partial charge in [0, 0.05) is 28.0 Å². The number of nitriles is 1. The Bertz CT molecular complexity index is 1120. The van der Waals surface area contributed by atoms with Gasteiger partial charge in [-0.15, -0.1) is 0 Å². The Morgan fingerprint density at radius 2 is 2.03 bits per heavy atom. The first-order valence-corrected chi connectivity index (χ1v) is 10.8. The van der Waals surface area contributed by atoms with Crippen molar-refractivity contribution in [1.29, 1.82) is 5.26 Å². The highest BCUT2D eigenvalue weighted by molar-refractivity contribution is 6.31. The van der Waals surface area contributed by atoms with E-state index in [-0.39, 0.29) is 26.6 Å². The van der Waals surface area contributed by atoms with Crippen LogP contribution in [0, 0.1) is 28.4 Å². The highest BCUT2D eigenvalue weighted by Crippen LogP contribution is 2.53. The van der Waals surface area contributed by atoms with E-state index in [0.717, 1.165) is 6.07 Å². The third-order valence-corrected chi connectivity index (χ3v) is 7.02. The predicted molar refractivity (Wildman–Crippen MR) is 115 cm³/mol. The van der Waals surface area contributed by atoms with E-state index in [4.69, 9.17) is 27.9 Å². The molecule has 0 bridgehead atoms. The number of nitrogens with zero attached hydrogens (tertiary/aromatic N) is 1. The molecule has 0 radical (unpaired) electrons. The van der Waals surface area contributed by atoms with Crippen LogP contribution >= 0.6 is 23.2 Å². The Morgan fingerprint density at radius 3 is 2.59 bits per heavy atom. The molecule has 2 saturated heterocycles. The van der Waals surface area contributed by atoms with E-state index in [2.05, 4.69) is 11.4 Å². The number of rotatable bonds is 5. The maximum absolute atomic E-state index is 15.3. The number of nitrogens with one attached hydrogen (secondary N) is 1. The minimum atomic E-state index is -1.75. The number of benzene rings is 2. The van der Waals surface area contributed by atoms with Gasteiger partial charge in [-0.05, 0) is 30.2 Å². The van der Waals surface area contributed by atoms with Gasteiger partial charge in [0.05, 0.1) is 24.3 Å². The summed E-state index contributed by atoms with van der Waals surface area (Å²) in [5.41, 5.74) is -2.19. The lowest BCUT2D eigenvalue weighted by Crippen LogP contribution is -2.50. The zero-order valence-electron chi connectivity index (χ0n) is 17.0. The number of hydrogen-bond donors (Lipinski definition) is 2. The topological polar surface area (TPSA) is 82.4 Å². The molecule has 2 aromatic rings. The smallest absolute Gasteiger partial charge is 0.321 e. The Morgan fingerprint density at radius 1 is 1.31 bits per heavy atom. The van der Waals surface area contributed by atoms with Crippen molar-refractivity contribution in [2.24, 2.45) is 5.41 Å². The Labute approximate surface area is 193 Å². The lowest BCUT2D eigenvalue weighted by molar-refractivity contribution is -0.139. The van der Waals surface area contributed by atoms with E-state index in [9.17, 15) is 15.2 Å². The van der Waals surface area contributed by atoms with Gasteiger partial charge in [-0.2, -0.15) is 5.26 Å². The van der Waals surface area contributed by atoms with E-state index in [0.29, 0.717) is 19.6 Å². The summed E-state index contributed by atoms with van der Waals surface area (Å²) in [5, 5.41) is 23.5. The summed E-state index contributed by atoms with van der Waals surface area (Å²) in [6, 6.07) is 8.11. The van der Waals surface area contributed by atoms with E-state index in [1.165, 1.54) is 30.3 Å². The summed E-state index contributed by atoms with van der Waals surface area (Å²) in [4.78, 5) is 12.3. The van der Waals surface area contributed by atoms with E-state index in [1.54, 1.807) is 0 Å². The van der Waals surface area contributed by atoms with Crippen LogP contribution < -0.4 is 5.32 Å². The van der Waals surface area contributed by atoms with Crippen LogP contribution in [0.15, 0.2) is 36.4 Å². The Balaban J connectivity index is 1.99. The average Bonchev–Trinajstić information content (AvgIpc) is 3.03. The Hall–Kier alpha value is -2.24. The largest absolute Gasteiger partial charge is 0.480 e. The maximum atomic E-state index is 15.3. The van der Waals surface area contributed by atoms with Crippen LogP contribution in [0.25, 0.3) is 0 Å². The van der Waals surface area contributed by atoms with E-state index >= 15 is 8.78 Å². The fourth-order valence-electron chi connectivity index (χ4n) is 4.99. The zero-order valence-corrected chi connectivity index (χ0v) is 18.6. The molecule has 2 aromatic carbocycles. The van der Waals surface area contributed by atoms with Gasteiger partial charge in [0.2, 0.25) is 0 Å². The second-order valence-electron chi connectivity index (χ2n) is 8.77. The molecular formula is C23H20Cl2F2N2O3. The van der Waals surface area contributed by atoms with E-state index in [1.807, 2.05) is 6.92 Å². The van der Waals surface area contributed by atoms with Crippen molar-refractivity contribution in [2.45, 2.75) is 36.8 Å². The molecule has 2 aliphatic heterocycles. The molecular weight excluding hydrogens is 461 g/mol. The minimum absolute atomic E-state index is 0.0427. The normalized spacial score (nSPS) is 28.7. The molecule has 2 aliphatic rings. The van der Waals surface area contributed by atoms with Crippen LogP contribution in [-0.4, -0.2) is 36.4 Å². The second-order valence-corrected chi connectivity index (χ2v) is 9.61. The summed E-state index contributed by atoms with van der Waals surface area (Å²) < 4.78 is 35.8. The molecule has 32 heavy (non-hydrogen) atoms. The molecule has 0 spiro atoms. The first kappa shape index (κ1) is 22.9. The van der Waals surface area contributed by atoms with Crippen molar-refractivity contribution in [3.8, 4) is 6.07 Å². The van der Waals surface area contributed by atoms with Gasteiger partial charge in [-0.3, -0.25) is 10.1 Å². The molecule has 0 aliphatic carbocycles. The monoisotopic (exact) mass is 480 g/mol. The number of halogens is 4. The van der Waals surface area contributed by atoms with Crippen molar-refractivity contribution in [3.63, 3.8) is 0 Å². The SMILES string of the molecule is CC1(C[C@@H]2N[C@@H](C(=O)O)C(c3cccc(Cl)c3F)C2(C#N)c2ccc(Cl)cc2F)COC1. The summed E-state index contributed by atoms with van der Waals surface area (Å²) in [6.07, 6.45) is 0.324. The number of carboxylic acids is 1. The molecule has 4 rings (SSSR count). The van der Waals surface area contributed by atoms with Crippen LogP contribution in [0.4, 0.5) is 8.78 Å². The van der Waals surface area contributed by atoms with Crippen LogP contribution in [0.2, 0.25) is 10.0 Å². The van der Waals surface area contributed by atoms with Gasteiger partial charge >= 0.3 is 5.97 Å². The maximum Gasteiger partial charge on any atom is 0.321 e. The summed E-state index contributed by atoms with van der Waals surface area (Å²) in [5.74, 6) is -4.13. The summed E-state index contributed by atoms with van der Waals surface area (Å²) in [6.45, 7) is 2.79. The average molecular weight is 481 g/mol. The van der Waals surface area contributed by atoms with Gasteiger partial charge < -0.3 is 9.84 Å². The molecule has 168 valence electrons. The van der Waals surface area contributed by atoms with Gasteiger partial charge in [0.1, 0.15) is 23.1 Å². The minimum Gasteiger partial charge on any atom is -0.480 e. The molecule has 2 heterocycles. The third-order valence-electron chi connectivity index (χ3n) is 6.50. The number of ether oxygens (including phenoxy) is 1. The molecule has 0 saturated carbocycles. The second kappa shape index (κ2) is 8.27. The van der Waals surface area contributed by atoms with Crippen molar-refractivity contribution in [3.05, 3.63) is 69.2 Å². The molecule has 2 N–H and O–H groups in total. The van der Waals surface area contributed by atoms with Gasteiger partial charge in [0.15, 0.2) is 0 Å². The molecule has 2 unspecified atom stereocenters. The fourth-order valence-corrected chi connectivity index (χ4v) is 5.33. The van der Waals surface area contributed by atoms with Crippen LogP contribution in [0.5, 0.6) is 0 Å². The Kier molecular flexibility index (Phi) is 5.93. The number of carboxylic acid groups (broad SMARTS) is 1. The van der Waals surface area contributed by atoms with Crippen LogP contribution in [0.1, 0.15) is 30.4 Å². The van der Waals surface area contributed by atoms with E-state index < -0.39 is 41.0 Å². The summed E-state index contributed by atoms with van der Waals surface area (Å²) >= 11 is 11.9. The quantitative estimate of drug-likeness (QED) is 0.649. The highest BCUT2D eigenvalue weighted by Gasteiger charge is 2.62. The summed E-state index contributed by atoms with van der Waals surface area (Å²) in [7, 11) is 0. The van der Waals surface area contributed by atoms with Gasteiger partial charge in [-0.1, -0.05) is 48.3 Å². The van der Waals surface area contributed by atoms with Crippen molar-refractivity contribution in [1.82, 2.24) is 5.32 Å². The molecule has 0 aromatic heterocycles. The van der Waals surface area contributed by atoms with Crippen molar-refractivity contribution >= 4 is 29.2 Å². The molecule has 2 fully saturated rings. The molecule has 0 amide bonds. The van der Waals surface area contributed by atoms with Crippen molar-refractivity contribution in [2.75, 3.05) is 13.2 Å². The lowest BCUT2D eigenvalue weighted by Gasteiger charge is -2.43. The lowest BCUT2D eigenvalue weighted by atomic mass is 9.62. The molecule has 9 heteroatoms. The number of aliphatic carboxylic acids is 1. The van der Waals surface area contributed by atoms with Crippen LogP contribution in [-0.2, 0) is 14.9 Å². The highest BCUT2D eigenvalue weighted by atomic mass is 35.5. The van der Waals surface area contributed by atoms with Gasteiger partial charge in [-0.25, -0.2) is 8.78 Å². The first-order valence-electron chi connectivity index (χ1n) is 10.0. The number of carbonyl (C=O) groups is 1. The molecule has 4 atom stereocenters.